The van der Waals surface area contributed by atoms with E-state index in [1.165, 1.54) is 36.9 Å². The molecule has 33 heavy (non-hydrogen) atoms. The van der Waals surface area contributed by atoms with Gasteiger partial charge in [-0.2, -0.15) is 5.10 Å². The fourth-order valence-electron chi connectivity index (χ4n) is 5.69. The number of anilines is 1. The third kappa shape index (κ3) is 4.21. The van der Waals surface area contributed by atoms with E-state index >= 15 is 0 Å². The molecule has 3 aromatic rings. The van der Waals surface area contributed by atoms with E-state index in [4.69, 9.17) is 0 Å². The average molecular weight is 448 g/mol. The van der Waals surface area contributed by atoms with Crippen LogP contribution in [0, 0.1) is 5.41 Å². The van der Waals surface area contributed by atoms with Gasteiger partial charge in [0.2, 0.25) is 5.91 Å². The number of benzene rings is 1. The van der Waals surface area contributed by atoms with E-state index < -0.39 is 0 Å². The number of piperidine rings is 1. The van der Waals surface area contributed by atoms with Crippen LogP contribution >= 0.6 is 0 Å². The van der Waals surface area contributed by atoms with Gasteiger partial charge in [-0.3, -0.25) is 14.8 Å². The summed E-state index contributed by atoms with van der Waals surface area (Å²) in [6, 6.07) is 8.41. The maximum Gasteiger partial charge on any atom is 0.244 e. The standard InChI is InChI=1S/C27H37N5O/c1-5-24(32-13-7-6-8-14-32)26(33)31(4)19-10-9-18-15-22(28-21(18)16-19)25-20-11-12-27(2,3)17-23(20)29-30-25/h9-10,15-16,24,28H,5-8,11-14,17H2,1-4H3,(H,29,30)/t24-/m0/s1. The summed E-state index contributed by atoms with van der Waals surface area (Å²) in [5.74, 6) is 0.189. The summed E-state index contributed by atoms with van der Waals surface area (Å²) in [6.45, 7) is 8.84. The Balaban J connectivity index is 1.40. The number of hydrogen-bond acceptors (Lipinski definition) is 3. The minimum Gasteiger partial charge on any atom is -0.353 e. The van der Waals surface area contributed by atoms with E-state index in [1.54, 1.807) is 0 Å². The van der Waals surface area contributed by atoms with Crippen molar-refractivity contribution in [2.45, 2.75) is 71.8 Å². The van der Waals surface area contributed by atoms with Crippen LogP contribution in [0.2, 0.25) is 0 Å². The first kappa shape index (κ1) is 22.2. The number of likely N-dealkylation sites (N-methyl/N-ethyl adjacent to an activating group) is 1. The van der Waals surface area contributed by atoms with Crippen molar-refractivity contribution in [3.8, 4) is 11.4 Å². The van der Waals surface area contributed by atoms with Gasteiger partial charge in [-0.05, 0) is 75.2 Å². The topological polar surface area (TPSA) is 68.0 Å². The molecule has 5 rings (SSSR count). The molecule has 1 aromatic carbocycles. The van der Waals surface area contributed by atoms with Crippen molar-refractivity contribution >= 4 is 22.5 Å². The smallest absolute Gasteiger partial charge is 0.244 e. The molecule has 3 heterocycles. The number of fused-ring (bicyclic) bond motifs is 2. The van der Waals surface area contributed by atoms with E-state index in [1.807, 2.05) is 11.9 Å². The molecule has 2 N–H and O–H groups in total. The van der Waals surface area contributed by atoms with Crippen LogP contribution in [-0.2, 0) is 17.6 Å². The number of aromatic amines is 2. The summed E-state index contributed by atoms with van der Waals surface area (Å²) in [4.78, 5) is 21.2. The lowest BCUT2D eigenvalue weighted by molar-refractivity contribution is -0.124. The molecule has 176 valence electrons. The molecule has 6 heteroatoms. The highest BCUT2D eigenvalue weighted by Crippen LogP contribution is 2.38. The number of hydrogen-bond donors (Lipinski definition) is 2. The first-order valence-electron chi connectivity index (χ1n) is 12.6. The van der Waals surface area contributed by atoms with Gasteiger partial charge in [-0.15, -0.1) is 0 Å². The number of likely N-dealkylation sites (tertiary alicyclic amines) is 1. The third-order valence-electron chi connectivity index (χ3n) is 7.74. The largest absolute Gasteiger partial charge is 0.353 e. The number of rotatable bonds is 5. The molecule has 0 radical (unpaired) electrons. The van der Waals surface area contributed by atoms with Crippen molar-refractivity contribution < 1.29 is 4.79 Å². The molecule has 2 aliphatic rings. The quantitative estimate of drug-likeness (QED) is 0.558. The Hall–Kier alpha value is -2.60. The van der Waals surface area contributed by atoms with Gasteiger partial charge in [-0.1, -0.05) is 33.3 Å². The lowest BCUT2D eigenvalue weighted by Gasteiger charge is -2.35. The summed E-state index contributed by atoms with van der Waals surface area (Å²) in [6.07, 6.45) is 7.79. The molecule has 1 aliphatic carbocycles. The Labute approximate surface area is 196 Å². The van der Waals surface area contributed by atoms with Crippen molar-refractivity contribution in [2.24, 2.45) is 5.41 Å². The highest BCUT2D eigenvalue weighted by atomic mass is 16.2. The van der Waals surface area contributed by atoms with Crippen LogP contribution in [0.15, 0.2) is 24.3 Å². The van der Waals surface area contributed by atoms with Crippen molar-refractivity contribution in [3.05, 3.63) is 35.5 Å². The minimum absolute atomic E-state index is 0.0370. The summed E-state index contributed by atoms with van der Waals surface area (Å²) < 4.78 is 0. The van der Waals surface area contributed by atoms with Crippen LogP contribution in [0.25, 0.3) is 22.3 Å². The van der Waals surface area contributed by atoms with E-state index in [-0.39, 0.29) is 11.9 Å². The minimum atomic E-state index is -0.0370. The monoisotopic (exact) mass is 447 g/mol. The van der Waals surface area contributed by atoms with Crippen LogP contribution in [0.3, 0.4) is 0 Å². The van der Waals surface area contributed by atoms with Gasteiger partial charge in [0.15, 0.2) is 0 Å². The number of carbonyl (C=O) groups excluding carboxylic acids is 1. The highest BCUT2D eigenvalue weighted by molar-refractivity contribution is 5.99. The molecule has 0 saturated carbocycles. The van der Waals surface area contributed by atoms with Crippen LogP contribution in [0.4, 0.5) is 5.69 Å². The Kier molecular flexibility index (Phi) is 5.81. The first-order valence-corrected chi connectivity index (χ1v) is 12.6. The van der Waals surface area contributed by atoms with Gasteiger partial charge in [0, 0.05) is 34.9 Å². The maximum absolute atomic E-state index is 13.4. The predicted molar refractivity (Wildman–Crippen MR) is 135 cm³/mol. The second-order valence-electron chi connectivity index (χ2n) is 10.7. The fraction of sp³-hybridized carbons (Fsp3) is 0.556. The summed E-state index contributed by atoms with van der Waals surface area (Å²) in [7, 11) is 1.91. The highest BCUT2D eigenvalue weighted by Gasteiger charge is 2.30. The Morgan fingerprint density at radius 3 is 2.76 bits per heavy atom. The summed E-state index contributed by atoms with van der Waals surface area (Å²) in [5.41, 5.74) is 7.01. The molecule has 0 bridgehead atoms. The zero-order valence-corrected chi connectivity index (χ0v) is 20.5. The molecule has 1 amide bonds. The van der Waals surface area contributed by atoms with Gasteiger partial charge >= 0.3 is 0 Å². The van der Waals surface area contributed by atoms with Crippen LogP contribution < -0.4 is 4.90 Å². The number of nitrogens with one attached hydrogen (secondary N) is 2. The molecule has 6 nitrogen and oxygen atoms in total. The van der Waals surface area contributed by atoms with Gasteiger partial charge in [0.05, 0.1) is 11.7 Å². The van der Waals surface area contributed by atoms with E-state index in [0.29, 0.717) is 5.41 Å². The number of carbonyl (C=O) groups is 1. The third-order valence-corrected chi connectivity index (χ3v) is 7.74. The average Bonchev–Trinajstić information content (AvgIpc) is 3.41. The molecule has 1 saturated heterocycles. The number of H-pyrrole nitrogens is 2. The number of aromatic nitrogens is 3. The normalized spacial score (nSPS) is 19.4. The number of amides is 1. The molecule has 1 fully saturated rings. The van der Waals surface area contributed by atoms with Crippen molar-refractivity contribution in [3.63, 3.8) is 0 Å². The van der Waals surface area contributed by atoms with Gasteiger partial charge in [0.1, 0.15) is 5.69 Å². The fourth-order valence-corrected chi connectivity index (χ4v) is 5.69. The van der Waals surface area contributed by atoms with Crippen molar-refractivity contribution in [1.29, 1.82) is 0 Å². The van der Waals surface area contributed by atoms with E-state index in [2.05, 4.69) is 65.1 Å². The Bertz CT molecular complexity index is 1150. The second kappa shape index (κ2) is 8.64. The Morgan fingerprint density at radius 2 is 2.00 bits per heavy atom. The van der Waals surface area contributed by atoms with Crippen LogP contribution in [0.5, 0.6) is 0 Å². The van der Waals surface area contributed by atoms with Crippen molar-refractivity contribution in [2.75, 3.05) is 25.0 Å². The summed E-state index contributed by atoms with van der Waals surface area (Å²) in [5, 5.41) is 9.11. The van der Waals surface area contributed by atoms with Crippen LogP contribution in [0.1, 0.15) is 64.1 Å². The lowest BCUT2D eigenvalue weighted by atomic mass is 9.76. The molecule has 0 unspecified atom stereocenters. The number of nitrogens with zero attached hydrogens (tertiary/aromatic N) is 3. The van der Waals surface area contributed by atoms with Gasteiger partial charge < -0.3 is 9.88 Å². The predicted octanol–water partition coefficient (Wildman–Crippen LogP) is 5.30. The molecule has 1 aliphatic heterocycles. The Morgan fingerprint density at radius 1 is 1.21 bits per heavy atom. The van der Waals surface area contributed by atoms with Crippen molar-refractivity contribution in [1.82, 2.24) is 20.1 Å². The van der Waals surface area contributed by atoms with E-state index in [9.17, 15) is 4.79 Å². The van der Waals surface area contributed by atoms with E-state index in [0.717, 1.165) is 60.3 Å². The first-order chi connectivity index (χ1) is 15.9. The molecule has 1 atom stereocenters. The second-order valence-corrected chi connectivity index (χ2v) is 10.7. The molecule has 0 spiro atoms. The lowest BCUT2D eigenvalue weighted by Crippen LogP contribution is -2.49. The molecular weight excluding hydrogens is 410 g/mol. The van der Waals surface area contributed by atoms with Crippen LogP contribution in [-0.4, -0.2) is 52.2 Å². The summed E-state index contributed by atoms with van der Waals surface area (Å²) >= 11 is 0. The van der Waals surface area contributed by atoms with Gasteiger partial charge in [0.25, 0.3) is 0 Å². The SMILES string of the molecule is CC[C@@H](C(=O)N(C)c1ccc2cc(-c3n[nH]c4c3CCC(C)(C)C4)[nH]c2c1)N1CCCCC1. The maximum atomic E-state index is 13.4. The van der Waals surface area contributed by atoms with Gasteiger partial charge in [-0.25, -0.2) is 0 Å². The molecular formula is C27H37N5O. The zero-order chi connectivity index (χ0) is 23.2. The zero-order valence-electron chi connectivity index (χ0n) is 20.5. The molecule has 2 aromatic heterocycles.